The number of anilines is 1. The Balaban J connectivity index is 2.86. The van der Waals surface area contributed by atoms with Gasteiger partial charge in [0.15, 0.2) is 6.61 Å². The van der Waals surface area contributed by atoms with Crippen LogP contribution >= 0.6 is 0 Å². The van der Waals surface area contributed by atoms with Crippen molar-refractivity contribution >= 4 is 23.3 Å². The molecule has 26 heavy (non-hydrogen) atoms. The van der Waals surface area contributed by atoms with E-state index in [4.69, 9.17) is 4.74 Å². The molecule has 1 N–H and O–H groups in total. The standard InChI is InChI=1S/C18H27N3O5/c1-6-12(3)20(13(4)7-2)17(22)11-26-18(23)14-8-9-15(19-5)16(10-14)21(24)25/h8-10,12-13,19H,6-7,11H2,1-5H3/t12-,13-/m0/s1. The van der Waals surface area contributed by atoms with E-state index in [-0.39, 0.29) is 29.2 Å². The summed E-state index contributed by atoms with van der Waals surface area (Å²) in [5.41, 5.74) is 0.0959. The molecule has 0 radical (unpaired) electrons. The Hall–Kier alpha value is -2.64. The first-order valence-corrected chi connectivity index (χ1v) is 8.71. The third-order valence-electron chi connectivity index (χ3n) is 4.45. The van der Waals surface area contributed by atoms with Crippen LogP contribution in [0.2, 0.25) is 0 Å². The number of carbonyl (C=O) groups is 2. The number of nitrogens with one attached hydrogen (secondary N) is 1. The van der Waals surface area contributed by atoms with Crippen LogP contribution in [-0.4, -0.2) is 47.4 Å². The molecule has 1 amide bonds. The Morgan fingerprint density at radius 1 is 1.23 bits per heavy atom. The molecule has 2 atom stereocenters. The number of ether oxygens (including phenoxy) is 1. The summed E-state index contributed by atoms with van der Waals surface area (Å²) in [6.07, 6.45) is 1.59. The lowest BCUT2D eigenvalue weighted by molar-refractivity contribution is -0.384. The van der Waals surface area contributed by atoms with Crippen LogP contribution in [0.1, 0.15) is 50.9 Å². The second kappa shape index (κ2) is 9.74. The highest BCUT2D eigenvalue weighted by Gasteiger charge is 2.25. The molecule has 0 aromatic heterocycles. The van der Waals surface area contributed by atoms with Crippen molar-refractivity contribution in [2.45, 2.75) is 52.6 Å². The first-order chi connectivity index (χ1) is 12.3. The summed E-state index contributed by atoms with van der Waals surface area (Å²) in [5.74, 6) is -1.04. The van der Waals surface area contributed by atoms with Gasteiger partial charge in [0.1, 0.15) is 5.69 Å². The van der Waals surface area contributed by atoms with Crippen LogP contribution in [0.3, 0.4) is 0 Å². The maximum Gasteiger partial charge on any atom is 0.338 e. The lowest BCUT2D eigenvalue weighted by atomic mass is 10.1. The van der Waals surface area contributed by atoms with Gasteiger partial charge in [0, 0.05) is 25.2 Å². The van der Waals surface area contributed by atoms with Gasteiger partial charge in [-0.2, -0.15) is 0 Å². The molecule has 0 heterocycles. The van der Waals surface area contributed by atoms with Crippen LogP contribution in [0.4, 0.5) is 11.4 Å². The van der Waals surface area contributed by atoms with Crippen molar-refractivity contribution in [3.8, 4) is 0 Å². The van der Waals surface area contributed by atoms with E-state index in [1.165, 1.54) is 12.1 Å². The minimum Gasteiger partial charge on any atom is -0.452 e. The molecule has 0 saturated heterocycles. The zero-order valence-corrected chi connectivity index (χ0v) is 15.9. The largest absolute Gasteiger partial charge is 0.452 e. The minimum absolute atomic E-state index is 0.0297. The predicted octanol–water partition coefficient (Wildman–Crippen LogP) is 3.22. The van der Waals surface area contributed by atoms with Gasteiger partial charge in [0.2, 0.25) is 0 Å². The van der Waals surface area contributed by atoms with Crippen LogP contribution in [0.5, 0.6) is 0 Å². The molecule has 0 unspecified atom stereocenters. The Bertz CT molecular complexity index is 652. The summed E-state index contributed by atoms with van der Waals surface area (Å²) in [4.78, 5) is 36.9. The minimum atomic E-state index is -0.766. The second-order valence-corrected chi connectivity index (χ2v) is 6.13. The summed E-state index contributed by atoms with van der Waals surface area (Å²) in [6.45, 7) is 7.48. The van der Waals surface area contributed by atoms with E-state index >= 15 is 0 Å². The van der Waals surface area contributed by atoms with Crippen molar-refractivity contribution in [1.82, 2.24) is 4.90 Å². The van der Waals surface area contributed by atoms with Crippen LogP contribution < -0.4 is 5.32 Å². The van der Waals surface area contributed by atoms with Gasteiger partial charge in [-0.05, 0) is 38.8 Å². The van der Waals surface area contributed by atoms with Gasteiger partial charge in [-0.3, -0.25) is 14.9 Å². The number of benzene rings is 1. The van der Waals surface area contributed by atoms with E-state index in [1.54, 1.807) is 11.9 Å². The van der Waals surface area contributed by atoms with E-state index in [0.29, 0.717) is 5.69 Å². The molecule has 0 fully saturated rings. The molecule has 0 aliphatic heterocycles. The topological polar surface area (TPSA) is 102 Å². The quantitative estimate of drug-likeness (QED) is 0.409. The zero-order chi connectivity index (χ0) is 19.9. The van der Waals surface area contributed by atoms with Gasteiger partial charge in [0.05, 0.1) is 10.5 Å². The van der Waals surface area contributed by atoms with Gasteiger partial charge in [-0.1, -0.05) is 13.8 Å². The normalized spacial score (nSPS) is 12.8. The number of rotatable bonds is 9. The molecule has 0 aliphatic rings. The fourth-order valence-electron chi connectivity index (χ4n) is 2.63. The molecule has 8 heteroatoms. The molecule has 0 spiro atoms. The van der Waals surface area contributed by atoms with E-state index in [9.17, 15) is 19.7 Å². The third kappa shape index (κ3) is 5.18. The number of hydrogen-bond donors (Lipinski definition) is 1. The predicted molar refractivity (Wildman–Crippen MR) is 99.3 cm³/mol. The molecule has 144 valence electrons. The Kier molecular flexibility index (Phi) is 8.02. The average molecular weight is 365 g/mol. The van der Waals surface area contributed by atoms with Crippen molar-refractivity contribution in [2.75, 3.05) is 19.0 Å². The molecule has 1 rings (SSSR count). The lowest BCUT2D eigenvalue weighted by Crippen LogP contribution is -2.46. The molecular formula is C18H27N3O5. The lowest BCUT2D eigenvalue weighted by Gasteiger charge is -2.33. The number of nitro groups is 1. The van der Waals surface area contributed by atoms with Gasteiger partial charge in [0.25, 0.3) is 11.6 Å². The number of nitro benzene ring substituents is 1. The van der Waals surface area contributed by atoms with Crippen molar-refractivity contribution in [3.63, 3.8) is 0 Å². The van der Waals surface area contributed by atoms with Crippen molar-refractivity contribution in [3.05, 3.63) is 33.9 Å². The molecular weight excluding hydrogens is 338 g/mol. The molecule has 0 bridgehead atoms. The van der Waals surface area contributed by atoms with Crippen molar-refractivity contribution in [1.29, 1.82) is 0 Å². The first-order valence-electron chi connectivity index (χ1n) is 8.71. The fraction of sp³-hybridized carbons (Fsp3) is 0.556. The highest BCUT2D eigenvalue weighted by Crippen LogP contribution is 2.25. The summed E-state index contributed by atoms with van der Waals surface area (Å²) in [5, 5.41) is 13.8. The molecule has 8 nitrogen and oxygen atoms in total. The highest BCUT2D eigenvalue weighted by atomic mass is 16.6. The number of nitrogens with zero attached hydrogens (tertiary/aromatic N) is 2. The fourth-order valence-corrected chi connectivity index (χ4v) is 2.63. The van der Waals surface area contributed by atoms with Crippen molar-refractivity contribution in [2.24, 2.45) is 0 Å². The van der Waals surface area contributed by atoms with Crippen LogP contribution in [0, 0.1) is 10.1 Å². The number of amides is 1. The Morgan fingerprint density at radius 2 is 1.81 bits per heavy atom. The molecule has 1 aromatic carbocycles. The van der Waals surface area contributed by atoms with E-state index < -0.39 is 17.5 Å². The van der Waals surface area contributed by atoms with Crippen LogP contribution in [0.25, 0.3) is 0 Å². The van der Waals surface area contributed by atoms with Gasteiger partial charge in [-0.25, -0.2) is 4.79 Å². The Morgan fingerprint density at radius 3 is 2.27 bits per heavy atom. The molecule has 0 saturated carbocycles. The summed E-state index contributed by atoms with van der Waals surface area (Å²) in [7, 11) is 1.55. The van der Waals surface area contributed by atoms with E-state index in [1.807, 2.05) is 27.7 Å². The number of hydrogen-bond acceptors (Lipinski definition) is 6. The second-order valence-electron chi connectivity index (χ2n) is 6.13. The average Bonchev–Trinajstić information content (AvgIpc) is 2.64. The first kappa shape index (κ1) is 21.4. The summed E-state index contributed by atoms with van der Waals surface area (Å²) < 4.78 is 5.10. The summed E-state index contributed by atoms with van der Waals surface area (Å²) >= 11 is 0. The zero-order valence-electron chi connectivity index (χ0n) is 15.9. The maximum atomic E-state index is 12.5. The summed E-state index contributed by atoms with van der Waals surface area (Å²) in [6, 6.07) is 4.06. The third-order valence-corrected chi connectivity index (χ3v) is 4.45. The SMILES string of the molecule is CC[C@H](C)N(C(=O)COC(=O)c1ccc(NC)c([N+](=O)[O-])c1)[C@@H](C)CC. The monoisotopic (exact) mass is 365 g/mol. The molecule has 1 aromatic rings. The smallest absolute Gasteiger partial charge is 0.338 e. The molecule has 0 aliphatic carbocycles. The number of carbonyl (C=O) groups excluding carboxylic acids is 2. The van der Waals surface area contributed by atoms with E-state index in [0.717, 1.165) is 18.9 Å². The van der Waals surface area contributed by atoms with Crippen LogP contribution in [-0.2, 0) is 9.53 Å². The van der Waals surface area contributed by atoms with Gasteiger partial charge >= 0.3 is 5.97 Å². The van der Waals surface area contributed by atoms with Gasteiger partial charge < -0.3 is 15.0 Å². The maximum absolute atomic E-state index is 12.5. The highest BCUT2D eigenvalue weighted by molar-refractivity contribution is 5.93. The van der Waals surface area contributed by atoms with E-state index in [2.05, 4.69) is 5.32 Å². The number of esters is 1. The van der Waals surface area contributed by atoms with Crippen molar-refractivity contribution < 1.29 is 19.2 Å². The van der Waals surface area contributed by atoms with Crippen LogP contribution in [0.15, 0.2) is 18.2 Å². The Labute approximate surface area is 153 Å². The van der Waals surface area contributed by atoms with Gasteiger partial charge in [-0.15, -0.1) is 0 Å².